The third kappa shape index (κ3) is 5.72. The van der Waals surface area contributed by atoms with Crippen molar-refractivity contribution in [1.82, 2.24) is 19.3 Å². The van der Waals surface area contributed by atoms with Crippen molar-refractivity contribution >= 4 is 27.3 Å². The van der Waals surface area contributed by atoms with Gasteiger partial charge >= 0.3 is 0 Å². The number of hydrogen-bond donors (Lipinski definition) is 0. The quantitative estimate of drug-likeness (QED) is 0.514. The van der Waals surface area contributed by atoms with E-state index in [2.05, 4.69) is 10.1 Å². The van der Waals surface area contributed by atoms with Gasteiger partial charge in [0.15, 0.2) is 0 Å². The molecule has 0 atom stereocenters. The van der Waals surface area contributed by atoms with Crippen molar-refractivity contribution in [1.29, 1.82) is 0 Å². The molecule has 0 spiro atoms. The number of likely N-dealkylation sites (N-methyl/N-ethyl adjacent to an activating group) is 1. The largest absolute Gasteiger partial charge is 0.337 e. The van der Waals surface area contributed by atoms with E-state index in [0.717, 1.165) is 21.0 Å². The molecule has 0 radical (unpaired) electrons. The Hall–Kier alpha value is -2.56. The molecule has 2 aromatic heterocycles. The van der Waals surface area contributed by atoms with Crippen molar-refractivity contribution in [2.75, 3.05) is 19.3 Å². The van der Waals surface area contributed by atoms with Crippen LogP contribution in [0.3, 0.4) is 0 Å². The van der Waals surface area contributed by atoms with E-state index in [1.165, 1.54) is 16.2 Å². The van der Waals surface area contributed by atoms with Crippen molar-refractivity contribution < 1.29 is 17.7 Å². The lowest BCUT2D eigenvalue weighted by atomic mass is 10.2. The predicted molar refractivity (Wildman–Crippen MR) is 110 cm³/mol. The Morgan fingerprint density at radius 2 is 1.90 bits per heavy atom. The molecule has 1 amide bonds. The van der Waals surface area contributed by atoms with E-state index < -0.39 is 10.0 Å². The molecule has 154 valence electrons. The minimum absolute atomic E-state index is 0.122. The Balaban J connectivity index is 1.69. The molecular weight excluding hydrogens is 412 g/mol. The number of thiophene rings is 1. The lowest BCUT2D eigenvalue weighted by Gasteiger charge is -2.24. The fraction of sp³-hybridized carbons (Fsp3) is 0.316. The zero-order chi connectivity index (χ0) is 20.9. The van der Waals surface area contributed by atoms with Crippen LogP contribution < -0.4 is 0 Å². The van der Waals surface area contributed by atoms with E-state index in [1.54, 1.807) is 0 Å². The summed E-state index contributed by atoms with van der Waals surface area (Å²) in [6.45, 7) is 2.20. The van der Waals surface area contributed by atoms with Crippen LogP contribution in [0.4, 0.5) is 0 Å². The van der Waals surface area contributed by atoms with Crippen LogP contribution in [0.5, 0.6) is 0 Å². The Morgan fingerprint density at radius 3 is 2.52 bits per heavy atom. The van der Waals surface area contributed by atoms with Crippen molar-refractivity contribution in [3.63, 3.8) is 0 Å². The van der Waals surface area contributed by atoms with Crippen molar-refractivity contribution in [2.45, 2.75) is 20.0 Å². The first kappa shape index (κ1) is 21.2. The average molecular weight is 435 g/mol. The molecule has 3 rings (SSSR count). The molecule has 1 aromatic carbocycles. The lowest BCUT2D eigenvalue weighted by Crippen LogP contribution is -2.42. The molecule has 29 heavy (non-hydrogen) atoms. The molecular formula is C19H22N4O4S2. The summed E-state index contributed by atoms with van der Waals surface area (Å²) < 4.78 is 30.8. The lowest BCUT2D eigenvalue weighted by molar-refractivity contribution is -0.132. The fourth-order valence-electron chi connectivity index (χ4n) is 2.69. The molecule has 3 aromatic rings. The SMILES string of the molecule is CCN(Cc1nc(-c2cccs2)no1)C(=O)CN(Cc1ccccc1)S(C)(=O)=O. The summed E-state index contributed by atoms with van der Waals surface area (Å²) >= 11 is 1.49. The Bertz CT molecular complexity index is 1030. The van der Waals surface area contributed by atoms with E-state index in [0.29, 0.717) is 18.3 Å². The number of benzene rings is 1. The van der Waals surface area contributed by atoms with Gasteiger partial charge in [-0.05, 0) is 23.9 Å². The maximum atomic E-state index is 12.8. The second-order valence-electron chi connectivity index (χ2n) is 6.41. The first-order chi connectivity index (χ1) is 13.9. The van der Waals surface area contributed by atoms with Gasteiger partial charge in [0.05, 0.1) is 17.7 Å². The summed E-state index contributed by atoms with van der Waals surface area (Å²) in [6.07, 6.45) is 1.10. The van der Waals surface area contributed by atoms with Gasteiger partial charge in [-0.25, -0.2) is 8.42 Å². The van der Waals surface area contributed by atoms with Gasteiger partial charge in [-0.2, -0.15) is 9.29 Å². The molecule has 0 N–H and O–H groups in total. The molecule has 0 unspecified atom stereocenters. The molecule has 0 bridgehead atoms. The van der Waals surface area contributed by atoms with E-state index in [-0.39, 0.29) is 25.5 Å². The normalized spacial score (nSPS) is 11.7. The topological polar surface area (TPSA) is 96.6 Å². The summed E-state index contributed by atoms with van der Waals surface area (Å²) in [6, 6.07) is 12.9. The summed E-state index contributed by atoms with van der Waals surface area (Å²) in [5.74, 6) is 0.447. The van der Waals surface area contributed by atoms with Gasteiger partial charge in [0, 0.05) is 13.1 Å². The summed E-state index contributed by atoms with van der Waals surface area (Å²) in [5.41, 5.74) is 0.811. The highest BCUT2D eigenvalue weighted by Gasteiger charge is 2.24. The van der Waals surface area contributed by atoms with Crippen LogP contribution in [0.2, 0.25) is 0 Å². The van der Waals surface area contributed by atoms with Gasteiger partial charge in [-0.1, -0.05) is 41.6 Å². The van der Waals surface area contributed by atoms with Gasteiger partial charge < -0.3 is 9.42 Å². The molecule has 0 aliphatic heterocycles. The van der Waals surface area contributed by atoms with Gasteiger partial charge in [0.2, 0.25) is 27.6 Å². The van der Waals surface area contributed by atoms with E-state index >= 15 is 0 Å². The fourth-order valence-corrected chi connectivity index (χ4v) is 4.07. The van der Waals surface area contributed by atoms with Gasteiger partial charge in [0.25, 0.3) is 0 Å². The van der Waals surface area contributed by atoms with E-state index in [4.69, 9.17) is 4.52 Å². The molecule has 0 aliphatic rings. The average Bonchev–Trinajstić information content (AvgIpc) is 3.37. The van der Waals surface area contributed by atoms with E-state index in [1.807, 2.05) is 54.8 Å². The second-order valence-corrected chi connectivity index (χ2v) is 9.34. The van der Waals surface area contributed by atoms with Crippen LogP contribution >= 0.6 is 11.3 Å². The number of amides is 1. The highest BCUT2D eigenvalue weighted by molar-refractivity contribution is 7.88. The number of nitrogens with zero attached hydrogens (tertiary/aromatic N) is 4. The second kappa shape index (κ2) is 9.29. The van der Waals surface area contributed by atoms with Gasteiger partial charge in [-0.3, -0.25) is 4.79 Å². The molecule has 10 heteroatoms. The molecule has 2 heterocycles. The monoisotopic (exact) mass is 434 g/mol. The number of carbonyl (C=O) groups is 1. The van der Waals surface area contributed by atoms with Gasteiger partial charge in [0.1, 0.15) is 6.54 Å². The third-order valence-electron chi connectivity index (χ3n) is 4.25. The first-order valence-electron chi connectivity index (χ1n) is 9.00. The van der Waals surface area contributed by atoms with Gasteiger partial charge in [-0.15, -0.1) is 11.3 Å². The van der Waals surface area contributed by atoms with Crippen molar-refractivity contribution in [3.8, 4) is 10.7 Å². The highest BCUT2D eigenvalue weighted by Crippen LogP contribution is 2.21. The number of rotatable bonds is 9. The Kier molecular flexibility index (Phi) is 6.78. The smallest absolute Gasteiger partial charge is 0.246 e. The van der Waals surface area contributed by atoms with Crippen LogP contribution in [0, 0.1) is 0 Å². The summed E-state index contributed by atoms with van der Waals surface area (Å²) in [7, 11) is -3.56. The first-order valence-corrected chi connectivity index (χ1v) is 11.7. The number of sulfonamides is 1. The minimum atomic E-state index is -3.56. The maximum Gasteiger partial charge on any atom is 0.246 e. The minimum Gasteiger partial charge on any atom is -0.337 e. The molecule has 0 saturated heterocycles. The van der Waals surface area contributed by atoms with Crippen molar-refractivity contribution in [3.05, 3.63) is 59.3 Å². The highest BCUT2D eigenvalue weighted by atomic mass is 32.2. The zero-order valence-electron chi connectivity index (χ0n) is 16.2. The number of aromatic nitrogens is 2. The van der Waals surface area contributed by atoms with E-state index in [9.17, 15) is 13.2 Å². The van der Waals surface area contributed by atoms with Crippen molar-refractivity contribution in [2.24, 2.45) is 0 Å². The standard InChI is InChI=1S/C19H22N4O4S2/c1-3-22(13-17-20-19(21-27-17)16-10-7-11-28-16)18(24)14-23(29(2,25)26)12-15-8-5-4-6-9-15/h4-11H,3,12-14H2,1-2H3. The molecule has 0 aliphatic carbocycles. The molecule has 0 saturated carbocycles. The summed E-state index contributed by atoms with van der Waals surface area (Å²) in [4.78, 5) is 19.5. The van der Waals surface area contributed by atoms with Crippen LogP contribution in [-0.2, 0) is 27.9 Å². The maximum absolute atomic E-state index is 12.8. The molecule has 8 nitrogen and oxygen atoms in total. The van der Waals surface area contributed by atoms with Crippen LogP contribution in [-0.4, -0.2) is 53.0 Å². The van der Waals surface area contributed by atoms with Crippen LogP contribution in [0.25, 0.3) is 10.7 Å². The predicted octanol–water partition coefficient (Wildman–Crippen LogP) is 2.61. The summed E-state index contributed by atoms with van der Waals surface area (Å²) in [5, 5.41) is 5.86. The molecule has 0 fully saturated rings. The number of carbonyl (C=O) groups excluding carboxylic acids is 1. The Morgan fingerprint density at radius 1 is 1.14 bits per heavy atom. The van der Waals surface area contributed by atoms with Crippen LogP contribution in [0.1, 0.15) is 18.4 Å². The third-order valence-corrected chi connectivity index (χ3v) is 6.31. The Labute approximate surface area is 173 Å². The van der Waals surface area contributed by atoms with Crippen LogP contribution in [0.15, 0.2) is 52.4 Å². The number of hydrogen-bond acceptors (Lipinski definition) is 7. The zero-order valence-corrected chi connectivity index (χ0v) is 17.8.